The van der Waals surface area contributed by atoms with Gasteiger partial charge < -0.3 is 10.5 Å². The van der Waals surface area contributed by atoms with Gasteiger partial charge in [0.1, 0.15) is 28.6 Å². The van der Waals surface area contributed by atoms with Crippen LogP contribution in [0.15, 0.2) is 83.2 Å². The van der Waals surface area contributed by atoms with E-state index in [1.165, 1.54) is 17.8 Å². The number of nitriles is 2. The van der Waals surface area contributed by atoms with E-state index in [1.54, 1.807) is 24.3 Å². The van der Waals surface area contributed by atoms with Gasteiger partial charge in [0.15, 0.2) is 0 Å². The highest BCUT2D eigenvalue weighted by molar-refractivity contribution is 7.98. The second kappa shape index (κ2) is 9.34. The lowest BCUT2D eigenvalue weighted by molar-refractivity contribution is 0.378. The average Bonchev–Trinajstić information content (AvgIpc) is 3.29. The van der Waals surface area contributed by atoms with Crippen LogP contribution in [-0.2, 0) is 5.75 Å². The number of allylic oxidation sites excluding steroid dienone is 1. The lowest BCUT2D eigenvalue weighted by Gasteiger charge is -2.24. The van der Waals surface area contributed by atoms with Gasteiger partial charge in [-0.15, -0.1) is 5.10 Å². The zero-order valence-corrected chi connectivity index (χ0v) is 19.0. The van der Waals surface area contributed by atoms with Crippen molar-refractivity contribution in [3.8, 4) is 29.3 Å². The maximum absolute atomic E-state index is 14.8. The number of nitrogens with one attached hydrogen (secondary N) is 1. The van der Waals surface area contributed by atoms with Crippen LogP contribution in [0, 0.1) is 28.5 Å². The molecule has 0 saturated heterocycles. The molecule has 0 radical (unpaired) electrons. The number of thioether (sulfide) groups is 1. The van der Waals surface area contributed by atoms with Gasteiger partial charge in [0.05, 0.1) is 28.4 Å². The Balaban J connectivity index is 1.52. The Hall–Kier alpha value is -4.60. The van der Waals surface area contributed by atoms with Crippen molar-refractivity contribution in [2.75, 3.05) is 0 Å². The number of halogens is 1. The Bertz CT molecular complexity index is 1530. The normalized spacial score (nSPS) is 14.5. The topological polar surface area (TPSA) is 124 Å². The number of H-pyrrole nitrogens is 1. The number of nitrogens with zero attached hydrogens (tertiary/aromatic N) is 4. The Morgan fingerprint density at radius 1 is 1.03 bits per heavy atom. The molecular formula is C26H17FN6OS. The first-order valence-corrected chi connectivity index (χ1v) is 11.6. The molecule has 7 nitrogen and oxygen atoms in total. The number of ether oxygens (including phenoxy) is 1. The van der Waals surface area contributed by atoms with Gasteiger partial charge in [-0.2, -0.15) is 10.5 Å². The molecule has 2 aromatic carbocycles. The molecule has 35 heavy (non-hydrogen) atoms. The van der Waals surface area contributed by atoms with E-state index in [0.29, 0.717) is 33.2 Å². The fourth-order valence-corrected chi connectivity index (χ4v) is 4.92. The predicted octanol–water partition coefficient (Wildman–Crippen LogP) is 4.99. The third-order valence-corrected chi connectivity index (χ3v) is 6.66. The second-order valence-electron chi connectivity index (χ2n) is 7.68. The fourth-order valence-electron chi connectivity index (χ4n) is 3.98. The van der Waals surface area contributed by atoms with Crippen molar-refractivity contribution < 1.29 is 9.13 Å². The van der Waals surface area contributed by atoms with Gasteiger partial charge >= 0.3 is 0 Å². The Kier molecular flexibility index (Phi) is 5.92. The average molecular weight is 481 g/mol. The number of benzene rings is 2. The highest BCUT2D eigenvalue weighted by Crippen LogP contribution is 2.44. The zero-order chi connectivity index (χ0) is 24.4. The minimum atomic E-state index is -0.779. The number of hydrogen-bond acceptors (Lipinski definition) is 7. The summed E-state index contributed by atoms with van der Waals surface area (Å²) >= 11 is 1.34. The summed E-state index contributed by atoms with van der Waals surface area (Å²) in [5.41, 5.74) is 9.65. The van der Waals surface area contributed by atoms with Crippen LogP contribution in [0.25, 0.3) is 11.3 Å². The molecule has 0 bridgehead atoms. The van der Waals surface area contributed by atoms with E-state index in [9.17, 15) is 14.9 Å². The van der Waals surface area contributed by atoms with Crippen molar-refractivity contribution in [2.45, 2.75) is 16.7 Å². The number of aromatic nitrogens is 3. The zero-order valence-electron chi connectivity index (χ0n) is 18.2. The van der Waals surface area contributed by atoms with Gasteiger partial charge in [-0.25, -0.2) is 9.37 Å². The largest absolute Gasteiger partial charge is 0.420 e. The highest BCUT2D eigenvalue weighted by Gasteiger charge is 2.36. The number of pyridine rings is 1. The van der Waals surface area contributed by atoms with Crippen molar-refractivity contribution in [3.63, 3.8) is 0 Å². The van der Waals surface area contributed by atoms with E-state index in [2.05, 4.69) is 22.3 Å². The molecule has 0 saturated carbocycles. The first-order valence-electron chi connectivity index (χ1n) is 10.6. The van der Waals surface area contributed by atoms with E-state index >= 15 is 0 Å². The maximum atomic E-state index is 14.8. The van der Waals surface area contributed by atoms with Crippen LogP contribution < -0.4 is 10.5 Å². The Morgan fingerprint density at radius 3 is 2.54 bits per heavy atom. The molecule has 1 atom stereocenters. The minimum absolute atomic E-state index is 0.108. The molecule has 0 unspecified atom stereocenters. The highest BCUT2D eigenvalue weighted by atomic mass is 32.2. The van der Waals surface area contributed by atoms with Crippen LogP contribution in [0.5, 0.6) is 5.88 Å². The number of aromatic amines is 1. The fraction of sp³-hybridized carbons (Fsp3) is 0.0769. The van der Waals surface area contributed by atoms with Crippen molar-refractivity contribution >= 4 is 11.8 Å². The number of hydrogen-bond donors (Lipinski definition) is 2. The molecular weight excluding hydrogens is 463 g/mol. The molecule has 0 spiro atoms. The van der Waals surface area contributed by atoms with Crippen LogP contribution in [0.1, 0.15) is 28.3 Å². The van der Waals surface area contributed by atoms with Crippen LogP contribution in [0.3, 0.4) is 0 Å². The molecule has 2 aromatic heterocycles. The van der Waals surface area contributed by atoms with Crippen molar-refractivity contribution in [2.24, 2.45) is 5.73 Å². The van der Waals surface area contributed by atoms with Gasteiger partial charge in [0, 0.05) is 16.9 Å². The molecule has 1 aliphatic heterocycles. The SMILES string of the molecule is N#CC1=C(N)Oc2n[nH]c(CSc3nc(-c4ccccc4)ccc3C#N)c2[C@@H]1c1ccccc1F. The minimum Gasteiger partial charge on any atom is -0.420 e. The lowest BCUT2D eigenvalue weighted by atomic mass is 9.84. The molecule has 1 aliphatic rings. The third kappa shape index (κ3) is 4.10. The molecule has 0 fully saturated rings. The summed E-state index contributed by atoms with van der Waals surface area (Å²) < 4.78 is 20.4. The lowest BCUT2D eigenvalue weighted by Crippen LogP contribution is -2.21. The second-order valence-corrected chi connectivity index (χ2v) is 8.65. The maximum Gasteiger partial charge on any atom is 0.244 e. The van der Waals surface area contributed by atoms with E-state index in [1.807, 2.05) is 36.4 Å². The van der Waals surface area contributed by atoms with Crippen LogP contribution >= 0.6 is 11.8 Å². The van der Waals surface area contributed by atoms with E-state index in [0.717, 1.165) is 11.3 Å². The quantitative estimate of drug-likeness (QED) is 0.385. The van der Waals surface area contributed by atoms with Crippen LogP contribution in [0.4, 0.5) is 4.39 Å². The van der Waals surface area contributed by atoms with E-state index in [4.69, 9.17) is 15.5 Å². The van der Waals surface area contributed by atoms with Gasteiger partial charge in [-0.1, -0.05) is 60.3 Å². The van der Waals surface area contributed by atoms with Gasteiger partial charge in [-0.05, 0) is 18.2 Å². The molecule has 0 amide bonds. The third-order valence-electron chi connectivity index (χ3n) is 5.64. The summed E-state index contributed by atoms with van der Waals surface area (Å²) in [6, 6.07) is 23.7. The van der Waals surface area contributed by atoms with Crippen molar-refractivity contribution in [1.82, 2.24) is 15.2 Å². The first-order chi connectivity index (χ1) is 17.1. The molecule has 3 heterocycles. The van der Waals surface area contributed by atoms with Gasteiger partial charge in [0.25, 0.3) is 0 Å². The standard InChI is InChI=1S/C26H17FN6OS/c27-19-9-5-4-8-17(19)22-18(13-29)24(30)34-25-23(22)21(32-33-25)14-35-26-16(12-28)10-11-20(31-26)15-6-2-1-3-7-15/h1-11,22H,14,30H2,(H,32,33)/t22-/m1/s1. The molecule has 4 aromatic rings. The van der Waals surface area contributed by atoms with Crippen molar-refractivity contribution in [3.05, 3.63) is 106 Å². The number of rotatable bonds is 5. The summed E-state index contributed by atoms with van der Waals surface area (Å²) in [6.07, 6.45) is 0. The molecule has 170 valence electrons. The number of nitrogens with two attached hydrogens (primary N) is 1. The monoisotopic (exact) mass is 480 g/mol. The summed E-state index contributed by atoms with van der Waals surface area (Å²) in [7, 11) is 0. The van der Waals surface area contributed by atoms with Gasteiger partial charge in [0.2, 0.25) is 11.8 Å². The summed E-state index contributed by atoms with van der Waals surface area (Å²) in [5, 5.41) is 27.1. The van der Waals surface area contributed by atoms with Crippen LogP contribution in [-0.4, -0.2) is 15.2 Å². The Labute approximate surface area is 204 Å². The van der Waals surface area contributed by atoms with E-state index < -0.39 is 11.7 Å². The summed E-state index contributed by atoms with van der Waals surface area (Å²) in [5.74, 6) is -0.831. The number of fused-ring (bicyclic) bond motifs is 1. The predicted molar refractivity (Wildman–Crippen MR) is 128 cm³/mol. The van der Waals surface area contributed by atoms with Crippen molar-refractivity contribution in [1.29, 1.82) is 10.5 Å². The molecule has 3 N–H and O–H groups in total. The molecule has 9 heteroatoms. The summed E-state index contributed by atoms with van der Waals surface area (Å²) in [6.45, 7) is 0. The molecule has 0 aliphatic carbocycles. The smallest absolute Gasteiger partial charge is 0.244 e. The van der Waals surface area contributed by atoms with Crippen LogP contribution in [0.2, 0.25) is 0 Å². The van der Waals surface area contributed by atoms with Gasteiger partial charge in [-0.3, -0.25) is 5.10 Å². The first kappa shape index (κ1) is 22.2. The van der Waals surface area contributed by atoms with E-state index in [-0.39, 0.29) is 17.3 Å². The summed E-state index contributed by atoms with van der Waals surface area (Å²) in [4.78, 5) is 4.69. The Morgan fingerprint density at radius 2 is 1.80 bits per heavy atom. The molecule has 5 rings (SSSR count).